The van der Waals surface area contributed by atoms with E-state index in [2.05, 4.69) is 45.9 Å². The molecular formula is C9H19NS. The highest BCUT2D eigenvalue weighted by Crippen LogP contribution is 2.24. The summed E-state index contributed by atoms with van der Waals surface area (Å²) in [6.07, 6.45) is 0. The van der Waals surface area contributed by atoms with Gasteiger partial charge in [-0.25, -0.2) is 4.40 Å². The van der Waals surface area contributed by atoms with Crippen molar-refractivity contribution in [2.45, 2.75) is 46.3 Å². The molecule has 0 fully saturated rings. The van der Waals surface area contributed by atoms with Crippen LogP contribution in [0.5, 0.6) is 0 Å². The summed E-state index contributed by atoms with van der Waals surface area (Å²) < 4.78 is 4.67. The molecule has 1 nitrogen and oxygen atoms in total. The van der Waals surface area contributed by atoms with Gasteiger partial charge in [0.15, 0.2) is 0 Å². The van der Waals surface area contributed by atoms with Crippen LogP contribution in [0.2, 0.25) is 0 Å². The monoisotopic (exact) mass is 173 g/mol. The van der Waals surface area contributed by atoms with Gasteiger partial charge in [-0.15, -0.1) is 0 Å². The molecule has 0 rings (SSSR count). The second kappa shape index (κ2) is 4.15. The van der Waals surface area contributed by atoms with Crippen molar-refractivity contribution < 1.29 is 0 Å². The van der Waals surface area contributed by atoms with Crippen LogP contribution in [-0.2, 0) is 0 Å². The van der Waals surface area contributed by atoms with Gasteiger partial charge in [0.1, 0.15) is 0 Å². The van der Waals surface area contributed by atoms with Crippen LogP contribution >= 0.6 is 11.9 Å². The lowest BCUT2D eigenvalue weighted by Crippen LogP contribution is -2.07. The molecule has 2 heteroatoms. The van der Waals surface area contributed by atoms with E-state index in [0.717, 1.165) is 0 Å². The van der Waals surface area contributed by atoms with E-state index in [1.165, 1.54) is 5.71 Å². The second-order valence-corrected chi connectivity index (χ2v) is 5.68. The molecule has 0 aliphatic carbocycles. The van der Waals surface area contributed by atoms with Crippen molar-refractivity contribution in [3.63, 3.8) is 0 Å². The fourth-order valence-corrected chi connectivity index (χ4v) is 0.943. The Morgan fingerprint density at radius 3 is 2.00 bits per heavy atom. The van der Waals surface area contributed by atoms with Crippen LogP contribution < -0.4 is 0 Å². The van der Waals surface area contributed by atoms with Crippen LogP contribution in [0.1, 0.15) is 41.5 Å². The summed E-state index contributed by atoms with van der Waals surface area (Å²) in [4.78, 5) is 0. The summed E-state index contributed by atoms with van der Waals surface area (Å²) in [5.74, 6) is 0.574. The molecule has 0 saturated heterocycles. The first-order valence-corrected chi connectivity index (χ1v) is 4.83. The van der Waals surface area contributed by atoms with E-state index in [9.17, 15) is 0 Å². The van der Waals surface area contributed by atoms with E-state index in [-0.39, 0.29) is 4.75 Å². The van der Waals surface area contributed by atoms with Crippen molar-refractivity contribution in [3.8, 4) is 0 Å². The predicted octanol–water partition coefficient (Wildman–Crippen LogP) is 3.55. The van der Waals surface area contributed by atoms with E-state index < -0.39 is 0 Å². The molecule has 0 radical (unpaired) electrons. The topological polar surface area (TPSA) is 12.4 Å². The highest BCUT2D eigenvalue weighted by molar-refractivity contribution is 7.99. The number of nitrogens with zero attached hydrogens (tertiary/aromatic N) is 1. The van der Waals surface area contributed by atoms with E-state index >= 15 is 0 Å². The average molecular weight is 173 g/mol. The van der Waals surface area contributed by atoms with E-state index in [1.807, 2.05) is 0 Å². The van der Waals surface area contributed by atoms with Crippen LogP contribution in [0.3, 0.4) is 0 Å². The van der Waals surface area contributed by atoms with Gasteiger partial charge in [0.2, 0.25) is 0 Å². The minimum atomic E-state index is 0.246. The first-order chi connectivity index (χ1) is 4.83. The van der Waals surface area contributed by atoms with Gasteiger partial charge in [0.05, 0.1) is 0 Å². The molecule has 0 amide bonds. The minimum absolute atomic E-state index is 0.246. The Labute approximate surface area is 74.8 Å². The van der Waals surface area contributed by atoms with Gasteiger partial charge in [0.25, 0.3) is 0 Å². The molecular weight excluding hydrogens is 154 g/mol. The fraction of sp³-hybridized carbons (Fsp3) is 0.889. The zero-order valence-corrected chi connectivity index (χ0v) is 9.25. The molecule has 0 bridgehead atoms. The zero-order chi connectivity index (χ0) is 9.07. The third-order valence-corrected chi connectivity index (χ3v) is 2.23. The van der Waals surface area contributed by atoms with Crippen molar-refractivity contribution in [2.75, 3.05) is 0 Å². The van der Waals surface area contributed by atoms with Gasteiger partial charge in [-0.2, -0.15) is 0 Å². The molecule has 0 saturated carbocycles. The van der Waals surface area contributed by atoms with Crippen molar-refractivity contribution in [1.82, 2.24) is 0 Å². The molecule has 0 aliphatic heterocycles. The predicted molar refractivity (Wildman–Crippen MR) is 55.3 cm³/mol. The lowest BCUT2D eigenvalue weighted by atomic mass is 10.1. The summed E-state index contributed by atoms with van der Waals surface area (Å²) >= 11 is 1.66. The van der Waals surface area contributed by atoms with Gasteiger partial charge in [-0.3, -0.25) is 0 Å². The first-order valence-electron chi connectivity index (χ1n) is 4.05. The van der Waals surface area contributed by atoms with Crippen LogP contribution in [0.4, 0.5) is 0 Å². The molecule has 0 unspecified atom stereocenters. The van der Waals surface area contributed by atoms with Gasteiger partial charge >= 0.3 is 0 Å². The summed E-state index contributed by atoms with van der Waals surface area (Å²) in [5.41, 5.74) is 1.23. The molecule has 0 aliphatic rings. The Kier molecular flexibility index (Phi) is 4.16. The quantitative estimate of drug-likeness (QED) is 0.459. The van der Waals surface area contributed by atoms with Gasteiger partial charge in [0, 0.05) is 10.5 Å². The van der Waals surface area contributed by atoms with Crippen molar-refractivity contribution >= 4 is 17.7 Å². The van der Waals surface area contributed by atoms with E-state index in [4.69, 9.17) is 0 Å². The molecule has 66 valence electrons. The smallest absolute Gasteiger partial charge is 0.0294 e. The van der Waals surface area contributed by atoms with Gasteiger partial charge in [-0.1, -0.05) is 13.8 Å². The summed E-state index contributed by atoms with van der Waals surface area (Å²) in [7, 11) is 0. The first kappa shape index (κ1) is 11.0. The minimum Gasteiger partial charge on any atom is -0.225 e. The van der Waals surface area contributed by atoms with E-state index in [0.29, 0.717) is 5.92 Å². The third-order valence-electron chi connectivity index (χ3n) is 1.30. The van der Waals surface area contributed by atoms with Crippen LogP contribution in [-0.4, -0.2) is 10.5 Å². The largest absolute Gasteiger partial charge is 0.225 e. The lowest BCUT2D eigenvalue weighted by molar-refractivity contribution is 0.803. The van der Waals surface area contributed by atoms with Gasteiger partial charge < -0.3 is 0 Å². The summed E-state index contributed by atoms with van der Waals surface area (Å²) in [6, 6.07) is 0. The molecule has 0 spiro atoms. The maximum atomic E-state index is 4.43. The molecule has 0 atom stereocenters. The second-order valence-electron chi connectivity index (χ2n) is 4.09. The number of rotatable bonds is 2. The number of hydrogen-bond donors (Lipinski definition) is 0. The maximum Gasteiger partial charge on any atom is 0.0294 e. The SMILES string of the molecule is C/C(=N\SC(C)(C)C)C(C)C. The average Bonchev–Trinajstić information content (AvgIpc) is 1.80. The zero-order valence-electron chi connectivity index (χ0n) is 8.43. The summed E-state index contributed by atoms with van der Waals surface area (Å²) in [5, 5.41) is 0. The highest BCUT2D eigenvalue weighted by atomic mass is 32.2. The van der Waals surface area contributed by atoms with Crippen molar-refractivity contribution in [1.29, 1.82) is 0 Å². The van der Waals surface area contributed by atoms with Crippen molar-refractivity contribution in [2.24, 2.45) is 10.3 Å². The van der Waals surface area contributed by atoms with Gasteiger partial charge in [-0.05, 0) is 45.6 Å². The Morgan fingerprint density at radius 2 is 1.73 bits per heavy atom. The Bertz CT molecular complexity index is 142. The van der Waals surface area contributed by atoms with Crippen LogP contribution in [0, 0.1) is 5.92 Å². The highest BCUT2D eigenvalue weighted by Gasteiger charge is 2.10. The summed E-state index contributed by atoms with van der Waals surface area (Å²) in [6.45, 7) is 13.0. The Balaban J connectivity index is 3.93. The van der Waals surface area contributed by atoms with Crippen molar-refractivity contribution in [3.05, 3.63) is 0 Å². The molecule has 0 aromatic carbocycles. The molecule has 0 aromatic rings. The molecule has 0 N–H and O–H groups in total. The number of hydrogen-bond acceptors (Lipinski definition) is 2. The standard InChI is InChI=1S/C9H19NS/c1-7(2)8(3)10-11-9(4,5)6/h7H,1-6H3/b10-8+. The maximum absolute atomic E-state index is 4.43. The molecule has 11 heavy (non-hydrogen) atoms. The van der Waals surface area contributed by atoms with Crippen LogP contribution in [0.15, 0.2) is 4.40 Å². The Morgan fingerprint density at radius 1 is 1.27 bits per heavy atom. The Hall–Kier alpha value is 0.0200. The van der Waals surface area contributed by atoms with E-state index in [1.54, 1.807) is 11.9 Å². The van der Waals surface area contributed by atoms with Crippen LogP contribution in [0.25, 0.3) is 0 Å². The lowest BCUT2D eigenvalue weighted by Gasteiger charge is -2.14. The normalized spacial score (nSPS) is 14.3. The molecule has 0 heterocycles. The fourth-order valence-electron chi connectivity index (χ4n) is 0.314. The molecule has 0 aromatic heterocycles. The third kappa shape index (κ3) is 6.42.